The second-order valence-electron chi connectivity index (χ2n) is 4.69. The van der Waals surface area contributed by atoms with Gasteiger partial charge in [0.1, 0.15) is 5.82 Å². The van der Waals surface area contributed by atoms with E-state index < -0.39 is 0 Å². The van der Waals surface area contributed by atoms with Crippen LogP contribution in [0, 0.1) is 5.82 Å². The fraction of sp³-hybridized carbons (Fsp3) is 0.357. The molecular weight excluding hydrogens is 229 g/mol. The van der Waals surface area contributed by atoms with Crippen LogP contribution in [0.4, 0.5) is 4.39 Å². The minimum atomic E-state index is -0.218. The van der Waals surface area contributed by atoms with Crippen LogP contribution in [0.3, 0.4) is 0 Å². The predicted octanol–water partition coefficient (Wildman–Crippen LogP) is 2.48. The summed E-state index contributed by atoms with van der Waals surface area (Å²) in [5, 5.41) is 7.95. The molecule has 1 fully saturated rings. The first-order chi connectivity index (χ1) is 8.83. The number of nitrogens with zero attached hydrogens (tertiary/aromatic N) is 2. The van der Waals surface area contributed by atoms with Gasteiger partial charge in [0.05, 0.1) is 11.4 Å². The van der Waals surface area contributed by atoms with Gasteiger partial charge >= 0.3 is 0 Å². The molecular formula is C14H16FN3. The van der Waals surface area contributed by atoms with E-state index in [1.165, 1.54) is 12.1 Å². The Labute approximate surface area is 106 Å². The summed E-state index contributed by atoms with van der Waals surface area (Å²) in [6.45, 7) is 2.13. The first-order valence-corrected chi connectivity index (χ1v) is 6.35. The number of benzene rings is 1. The molecule has 0 bridgehead atoms. The number of nitrogens with one attached hydrogen (secondary N) is 1. The van der Waals surface area contributed by atoms with Crippen molar-refractivity contribution in [2.45, 2.75) is 18.8 Å². The van der Waals surface area contributed by atoms with E-state index in [0.29, 0.717) is 5.92 Å². The van der Waals surface area contributed by atoms with E-state index in [1.54, 1.807) is 12.1 Å². The number of piperidine rings is 1. The van der Waals surface area contributed by atoms with E-state index in [1.807, 2.05) is 10.9 Å². The third-order valence-corrected chi connectivity index (χ3v) is 3.46. The summed E-state index contributed by atoms with van der Waals surface area (Å²) in [5.41, 5.74) is 2.04. The van der Waals surface area contributed by atoms with E-state index in [2.05, 4.69) is 16.5 Å². The van der Waals surface area contributed by atoms with Gasteiger partial charge in [0.2, 0.25) is 0 Å². The average molecular weight is 245 g/mol. The first-order valence-electron chi connectivity index (χ1n) is 6.35. The van der Waals surface area contributed by atoms with Crippen molar-refractivity contribution < 1.29 is 4.39 Å². The summed E-state index contributed by atoms with van der Waals surface area (Å²) in [7, 11) is 0. The van der Waals surface area contributed by atoms with Crippen molar-refractivity contribution in [2.75, 3.05) is 13.1 Å². The normalized spacial score (nSPS) is 16.9. The topological polar surface area (TPSA) is 29.9 Å². The Hall–Kier alpha value is -1.68. The molecule has 94 valence electrons. The fourth-order valence-corrected chi connectivity index (χ4v) is 2.41. The Morgan fingerprint density at radius 2 is 1.83 bits per heavy atom. The quantitative estimate of drug-likeness (QED) is 0.881. The van der Waals surface area contributed by atoms with Crippen molar-refractivity contribution in [1.82, 2.24) is 15.1 Å². The van der Waals surface area contributed by atoms with Crippen molar-refractivity contribution in [1.29, 1.82) is 0 Å². The van der Waals surface area contributed by atoms with Crippen LogP contribution < -0.4 is 5.32 Å². The molecule has 1 aromatic carbocycles. The maximum Gasteiger partial charge on any atom is 0.123 e. The molecule has 0 amide bonds. The van der Waals surface area contributed by atoms with Gasteiger partial charge in [-0.15, -0.1) is 0 Å². The number of hydrogen-bond acceptors (Lipinski definition) is 2. The van der Waals surface area contributed by atoms with Crippen LogP contribution in [-0.2, 0) is 0 Å². The van der Waals surface area contributed by atoms with Crippen molar-refractivity contribution >= 4 is 0 Å². The van der Waals surface area contributed by atoms with Gasteiger partial charge in [0.15, 0.2) is 0 Å². The van der Waals surface area contributed by atoms with Crippen LogP contribution in [0.5, 0.6) is 0 Å². The molecule has 3 rings (SSSR count). The largest absolute Gasteiger partial charge is 0.317 e. The van der Waals surface area contributed by atoms with Gasteiger partial charge in [-0.25, -0.2) is 9.07 Å². The van der Waals surface area contributed by atoms with Crippen LogP contribution in [0.15, 0.2) is 36.5 Å². The molecule has 1 aromatic heterocycles. The summed E-state index contributed by atoms with van der Waals surface area (Å²) >= 11 is 0. The summed E-state index contributed by atoms with van der Waals surface area (Å²) < 4.78 is 14.7. The second-order valence-corrected chi connectivity index (χ2v) is 4.69. The van der Waals surface area contributed by atoms with Gasteiger partial charge in [0.25, 0.3) is 0 Å². The van der Waals surface area contributed by atoms with E-state index in [-0.39, 0.29) is 5.82 Å². The predicted molar refractivity (Wildman–Crippen MR) is 68.4 cm³/mol. The number of rotatable bonds is 2. The monoisotopic (exact) mass is 245 g/mol. The maximum absolute atomic E-state index is 12.9. The lowest BCUT2D eigenvalue weighted by atomic mass is 9.95. The summed E-state index contributed by atoms with van der Waals surface area (Å²) in [5.74, 6) is 0.331. The highest BCUT2D eigenvalue weighted by Gasteiger charge is 2.17. The Morgan fingerprint density at radius 1 is 1.11 bits per heavy atom. The molecule has 0 atom stereocenters. The van der Waals surface area contributed by atoms with Gasteiger partial charge in [-0.2, -0.15) is 5.10 Å². The minimum absolute atomic E-state index is 0.218. The lowest BCUT2D eigenvalue weighted by molar-refractivity contribution is 0.451. The van der Waals surface area contributed by atoms with Crippen molar-refractivity contribution in [3.05, 3.63) is 48.0 Å². The smallest absolute Gasteiger partial charge is 0.123 e. The zero-order valence-corrected chi connectivity index (χ0v) is 10.1. The zero-order chi connectivity index (χ0) is 12.4. The molecule has 0 unspecified atom stereocenters. The summed E-state index contributed by atoms with van der Waals surface area (Å²) in [4.78, 5) is 0. The molecule has 18 heavy (non-hydrogen) atoms. The molecule has 1 aliphatic heterocycles. The molecule has 2 aromatic rings. The highest BCUT2D eigenvalue weighted by molar-refractivity contribution is 5.31. The maximum atomic E-state index is 12.9. The Kier molecular flexibility index (Phi) is 3.11. The molecule has 2 heterocycles. The third-order valence-electron chi connectivity index (χ3n) is 3.46. The SMILES string of the molecule is Fc1ccc(-n2ccc(C3CCNCC3)n2)cc1. The molecule has 0 aliphatic carbocycles. The molecule has 1 saturated heterocycles. The Balaban J connectivity index is 1.82. The van der Waals surface area contributed by atoms with Crippen molar-refractivity contribution in [3.8, 4) is 5.69 Å². The highest BCUT2D eigenvalue weighted by Crippen LogP contribution is 2.24. The summed E-state index contributed by atoms with van der Waals surface area (Å²) in [6.07, 6.45) is 4.23. The molecule has 0 spiro atoms. The molecule has 0 saturated carbocycles. The van der Waals surface area contributed by atoms with Gasteiger partial charge in [-0.05, 0) is 56.3 Å². The Bertz CT molecular complexity index is 512. The van der Waals surface area contributed by atoms with Gasteiger partial charge < -0.3 is 5.32 Å². The summed E-state index contributed by atoms with van der Waals surface area (Å²) in [6, 6.07) is 8.48. The molecule has 1 N–H and O–H groups in total. The first kappa shape index (κ1) is 11.4. The van der Waals surface area contributed by atoms with Crippen LogP contribution in [-0.4, -0.2) is 22.9 Å². The number of halogens is 1. The van der Waals surface area contributed by atoms with Crippen LogP contribution in [0.25, 0.3) is 5.69 Å². The minimum Gasteiger partial charge on any atom is -0.317 e. The lowest BCUT2D eigenvalue weighted by Crippen LogP contribution is -2.26. The van der Waals surface area contributed by atoms with Crippen LogP contribution in [0.2, 0.25) is 0 Å². The zero-order valence-electron chi connectivity index (χ0n) is 10.1. The van der Waals surface area contributed by atoms with Gasteiger partial charge in [0, 0.05) is 12.1 Å². The second kappa shape index (κ2) is 4.90. The van der Waals surface area contributed by atoms with Crippen LogP contribution >= 0.6 is 0 Å². The third kappa shape index (κ3) is 2.29. The van der Waals surface area contributed by atoms with E-state index in [0.717, 1.165) is 37.3 Å². The van der Waals surface area contributed by atoms with E-state index in [4.69, 9.17) is 0 Å². The van der Waals surface area contributed by atoms with Gasteiger partial charge in [-0.3, -0.25) is 0 Å². The molecule has 3 nitrogen and oxygen atoms in total. The van der Waals surface area contributed by atoms with E-state index in [9.17, 15) is 4.39 Å². The van der Waals surface area contributed by atoms with E-state index >= 15 is 0 Å². The number of hydrogen-bond donors (Lipinski definition) is 1. The molecule has 1 aliphatic rings. The number of aromatic nitrogens is 2. The highest BCUT2D eigenvalue weighted by atomic mass is 19.1. The van der Waals surface area contributed by atoms with Gasteiger partial charge in [-0.1, -0.05) is 0 Å². The Morgan fingerprint density at radius 3 is 2.56 bits per heavy atom. The lowest BCUT2D eigenvalue weighted by Gasteiger charge is -2.20. The van der Waals surface area contributed by atoms with Crippen molar-refractivity contribution in [2.24, 2.45) is 0 Å². The molecule has 4 heteroatoms. The van der Waals surface area contributed by atoms with Crippen molar-refractivity contribution in [3.63, 3.8) is 0 Å². The van der Waals surface area contributed by atoms with Crippen LogP contribution in [0.1, 0.15) is 24.5 Å². The fourth-order valence-electron chi connectivity index (χ4n) is 2.41. The standard InChI is InChI=1S/C14H16FN3/c15-12-1-3-13(4-2-12)18-10-7-14(17-18)11-5-8-16-9-6-11/h1-4,7,10-11,16H,5-6,8-9H2. The average Bonchev–Trinajstić information content (AvgIpc) is 2.90. The molecule has 0 radical (unpaired) electrons.